The van der Waals surface area contributed by atoms with Crippen molar-refractivity contribution in [3.63, 3.8) is 0 Å². The Morgan fingerprint density at radius 3 is 3.18 bits per heavy atom. The minimum absolute atomic E-state index is 0.655. The smallest absolute Gasteiger partial charge is 0.0510 e. The summed E-state index contributed by atoms with van der Waals surface area (Å²) in [4.78, 5) is 1.52. The second-order valence-electron chi connectivity index (χ2n) is 4.76. The van der Waals surface area contributed by atoms with E-state index in [2.05, 4.69) is 29.8 Å². The Morgan fingerprint density at radius 2 is 2.53 bits per heavy atom. The van der Waals surface area contributed by atoms with Crippen LogP contribution in [0.15, 0.2) is 17.5 Å². The quantitative estimate of drug-likeness (QED) is 0.806. The van der Waals surface area contributed by atoms with E-state index in [9.17, 15) is 0 Å². The van der Waals surface area contributed by atoms with Crippen LogP contribution in [0.3, 0.4) is 0 Å². The highest BCUT2D eigenvalue weighted by Crippen LogP contribution is 2.21. The van der Waals surface area contributed by atoms with E-state index in [4.69, 9.17) is 4.74 Å². The molecule has 0 saturated carbocycles. The average Bonchev–Trinajstić information content (AvgIpc) is 3.01. The maximum absolute atomic E-state index is 5.50. The number of nitrogens with one attached hydrogen (secondary N) is 1. The van der Waals surface area contributed by atoms with Crippen LogP contribution in [0.25, 0.3) is 0 Å². The van der Waals surface area contributed by atoms with Crippen molar-refractivity contribution >= 4 is 11.3 Å². The summed E-state index contributed by atoms with van der Waals surface area (Å²) in [6.07, 6.45) is 5.03. The van der Waals surface area contributed by atoms with Gasteiger partial charge in [-0.15, -0.1) is 11.3 Å². The minimum atomic E-state index is 0.655. The molecule has 2 atom stereocenters. The molecule has 0 aliphatic carbocycles. The van der Waals surface area contributed by atoms with Crippen molar-refractivity contribution in [2.75, 3.05) is 19.8 Å². The van der Waals surface area contributed by atoms with Gasteiger partial charge in [-0.25, -0.2) is 0 Å². The summed E-state index contributed by atoms with van der Waals surface area (Å²) in [5.41, 5.74) is 0. The molecular formula is C14H23NOS. The van der Waals surface area contributed by atoms with Crippen molar-refractivity contribution in [2.24, 2.45) is 5.92 Å². The van der Waals surface area contributed by atoms with Gasteiger partial charge in [0, 0.05) is 17.5 Å². The molecule has 96 valence electrons. The molecule has 0 amide bonds. The molecule has 1 aromatic heterocycles. The third kappa shape index (κ3) is 4.09. The molecule has 0 aromatic carbocycles. The molecule has 2 heterocycles. The molecule has 2 nitrogen and oxygen atoms in total. The first kappa shape index (κ1) is 13.1. The van der Waals surface area contributed by atoms with Gasteiger partial charge < -0.3 is 10.1 Å². The van der Waals surface area contributed by atoms with Crippen molar-refractivity contribution in [3.05, 3.63) is 22.4 Å². The highest BCUT2D eigenvalue weighted by molar-refractivity contribution is 7.09. The number of aryl methyl sites for hydroxylation is 1. The zero-order valence-electron chi connectivity index (χ0n) is 10.7. The van der Waals surface area contributed by atoms with Crippen LogP contribution in [0.1, 0.15) is 31.1 Å². The van der Waals surface area contributed by atoms with Crippen molar-refractivity contribution in [1.82, 2.24) is 5.32 Å². The predicted molar refractivity (Wildman–Crippen MR) is 73.6 cm³/mol. The normalized spacial score (nSPS) is 21.8. The summed E-state index contributed by atoms with van der Waals surface area (Å²) in [7, 11) is 0. The summed E-state index contributed by atoms with van der Waals surface area (Å²) >= 11 is 1.88. The topological polar surface area (TPSA) is 21.3 Å². The number of hydrogen-bond donors (Lipinski definition) is 1. The highest BCUT2D eigenvalue weighted by Gasteiger charge is 2.24. The molecular weight excluding hydrogens is 230 g/mol. The van der Waals surface area contributed by atoms with Gasteiger partial charge in [0.05, 0.1) is 6.61 Å². The lowest BCUT2D eigenvalue weighted by Crippen LogP contribution is -2.36. The van der Waals surface area contributed by atoms with E-state index < -0.39 is 0 Å². The van der Waals surface area contributed by atoms with Gasteiger partial charge in [0.2, 0.25) is 0 Å². The van der Waals surface area contributed by atoms with Crippen LogP contribution in [0.4, 0.5) is 0 Å². The molecule has 2 rings (SSSR count). The Kier molecular flexibility index (Phi) is 5.49. The fourth-order valence-electron chi connectivity index (χ4n) is 2.59. The Hall–Kier alpha value is -0.380. The Labute approximate surface area is 108 Å². The molecule has 0 bridgehead atoms. The van der Waals surface area contributed by atoms with E-state index in [-0.39, 0.29) is 0 Å². The van der Waals surface area contributed by atoms with Gasteiger partial charge in [0.25, 0.3) is 0 Å². The van der Waals surface area contributed by atoms with Gasteiger partial charge in [-0.3, -0.25) is 0 Å². The molecule has 1 saturated heterocycles. The second kappa shape index (κ2) is 7.14. The van der Waals surface area contributed by atoms with E-state index in [1.54, 1.807) is 0 Å². The standard InChI is InChI=1S/C14H23NOS/c1-2-15-14(12-8-9-16-11-12)7-3-5-13-6-4-10-17-13/h4,6,10,12,14-15H,2-3,5,7-9,11H2,1H3. The molecule has 1 fully saturated rings. The Bertz CT molecular complexity index is 293. The average molecular weight is 253 g/mol. The van der Waals surface area contributed by atoms with Crippen LogP contribution in [-0.2, 0) is 11.2 Å². The molecule has 2 unspecified atom stereocenters. The first-order valence-electron chi connectivity index (χ1n) is 6.73. The van der Waals surface area contributed by atoms with Crippen LogP contribution in [0.2, 0.25) is 0 Å². The van der Waals surface area contributed by atoms with Crippen LogP contribution in [0.5, 0.6) is 0 Å². The third-order valence-corrected chi connectivity index (χ3v) is 4.45. The summed E-state index contributed by atoms with van der Waals surface area (Å²) in [5.74, 6) is 0.735. The lowest BCUT2D eigenvalue weighted by molar-refractivity contribution is 0.175. The van der Waals surface area contributed by atoms with Crippen LogP contribution in [0, 0.1) is 5.92 Å². The van der Waals surface area contributed by atoms with E-state index in [1.807, 2.05) is 11.3 Å². The summed E-state index contributed by atoms with van der Waals surface area (Å²) < 4.78 is 5.50. The van der Waals surface area contributed by atoms with Crippen molar-refractivity contribution < 1.29 is 4.74 Å². The summed E-state index contributed by atoms with van der Waals surface area (Å²) in [6.45, 7) is 5.18. The molecule has 17 heavy (non-hydrogen) atoms. The molecule has 3 heteroatoms. The third-order valence-electron chi connectivity index (χ3n) is 3.52. The minimum Gasteiger partial charge on any atom is -0.381 e. The maximum atomic E-state index is 5.50. The van der Waals surface area contributed by atoms with Crippen molar-refractivity contribution in [1.29, 1.82) is 0 Å². The molecule has 0 spiro atoms. The van der Waals surface area contributed by atoms with Gasteiger partial charge in [-0.2, -0.15) is 0 Å². The first-order valence-corrected chi connectivity index (χ1v) is 7.61. The summed E-state index contributed by atoms with van der Waals surface area (Å²) in [5, 5.41) is 5.80. The largest absolute Gasteiger partial charge is 0.381 e. The number of rotatable bonds is 7. The van der Waals surface area contributed by atoms with Gasteiger partial charge in [0.15, 0.2) is 0 Å². The molecule has 1 aromatic rings. The highest BCUT2D eigenvalue weighted by atomic mass is 32.1. The van der Waals surface area contributed by atoms with Crippen molar-refractivity contribution in [3.8, 4) is 0 Å². The SMILES string of the molecule is CCNC(CCCc1cccs1)C1CCOC1. The molecule has 0 radical (unpaired) electrons. The van der Waals surface area contributed by atoms with Gasteiger partial charge in [-0.05, 0) is 49.6 Å². The molecule has 1 N–H and O–H groups in total. The van der Waals surface area contributed by atoms with Gasteiger partial charge in [-0.1, -0.05) is 13.0 Å². The van der Waals surface area contributed by atoms with E-state index in [0.29, 0.717) is 6.04 Å². The zero-order valence-corrected chi connectivity index (χ0v) is 11.5. The second-order valence-corrected chi connectivity index (χ2v) is 5.79. The lowest BCUT2D eigenvalue weighted by atomic mass is 9.94. The molecule has 1 aliphatic heterocycles. The predicted octanol–water partition coefficient (Wildman–Crippen LogP) is 3.09. The van der Waals surface area contributed by atoms with Crippen LogP contribution >= 0.6 is 11.3 Å². The monoisotopic (exact) mass is 253 g/mol. The van der Waals surface area contributed by atoms with Gasteiger partial charge >= 0.3 is 0 Å². The fourth-order valence-corrected chi connectivity index (χ4v) is 3.34. The molecule has 1 aliphatic rings. The zero-order chi connectivity index (χ0) is 11.9. The Balaban J connectivity index is 1.73. The number of ether oxygens (including phenoxy) is 1. The van der Waals surface area contributed by atoms with E-state index in [1.165, 1.54) is 30.6 Å². The van der Waals surface area contributed by atoms with Crippen molar-refractivity contribution in [2.45, 2.75) is 38.6 Å². The maximum Gasteiger partial charge on any atom is 0.0510 e. The van der Waals surface area contributed by atoms with E-state index >= 15 is 0 Å². The first-order chi connectivity index (χ1) is 8.40. The fraction of sp³-hybridized carbons (Fsp3) is 0.714. The van der Waals surface area contributed by atoms with Gasteiger partial charge in [0.1, 0.15) is 0 Å². The van der Waals surface area contributed by atoms with E-state index in [0.717, 1.165) is 25.7 Å². The number of hydrogen-bond acceptors (Lipinski definition) is 3. The lowest BCUT2D eigenvalue weighted by Gasteiger charge is -2.23. The van der Waals surface area contributed by atoms with Crippen LogP contribution in [-0.4, -0.2) is 25.8 Å². The summed E-state index contributed by atoms with van der Waals surface area (Å²) in [6, 6.07) is 5.04. The van der Waals surface area contributed by atoms with Crippen LogP contribution < -0.4 is 5.32 Å². The Morgan fingerprint density at radius 1 is 1.59 bits per heavy atom. The number of thiophene rings is 1.